The number of Topliss-reactive ketones (excluding diaryl/α,β-unsaturated/α-hetero) is 1. The van der Waals surface area contributed by atoms with Gasteiger partial charge in [-0.25, -0.2) is 4.98 Å². The van der Waals surface area contributed by atoms with Gasteiger partial charge in [0.05, 0.1) is 6.42 Å². The molecule has 0 aliphatic rings. The van der Waals surface area contributed by atoms with Crippen molar-refractivity contribution in [3.05, 3.63) is 30.2 Å². The van der Waals surface area contributed by atoms with Gasteiger partial charge in [0.25, 0.3) is 0 Å². The maximum absolute atomic E-state index is 11.9. The van der Waals surface area contributed by atoms with Crippen LogP contribution in [0.1, 0.15) is 57.8 Å². The van der Waals surface area contributed by atoms with Crippen LogP contribution in [-0.4, -0.2) is 10.8 Å². The number of ketones is 1. The molecule has 0 aliphatic heterocycles. The molecule has 1 heterocycles. The molecular formula is C17H23NO2. The highest BCUT2D eigenvalue weighted by Crippen LogP contribution is 2.16. The third-order valence-electron chi connectivity index (χ3n) is 3.50. The predicted octanol–water partition coefficient (Wildman–Crippen LogP) is 4.69. The highest BCUT2D eigenvalue weighted by Gasteiger charge is 2.10. The fraction of sp³-hybridized carbons (Fsp3) is 0.529. The van der Waals surface area contributed by atoms with E-state index in [1.807, 2.05) is 24.3 Å². The fourth-order valence-corrected chi connectivity index (χ4v) is 2.36. The van der Waals surface area contributed by atoms with Crippen molar-refractivity contribution in [1.29, 1.82) is 0 Å². The van der Waals surface area contributed by atoms with Gasteiger partial charge in [-0.2, -0.15) is 0 Å². The van der Waals surface area contributed by atoms with Gasteiger partial charge in [-0.1, -0.05) is 51.2 Å². The molecule has 20 heavy (non-hydrogen) atoms. The standard InChI is InChI=1S/C17H23NO2/c1-2-3-4-5-6-7-10-14(19)13-17-18-15-11-8-9-12-16(15)20-17/h8-9,11-12H,2-7,10,13H2,1H3. The monoisotopic (exact) mass is 273 g/mol. The predicted molar refractivity (Wildman–Crippen MR) is 80.7 cm³/mol. The van der Waals surface area contributed by atoms with E-state index in [-0.39, 0.29) is 5.78 Å². The summed E-state index contributed by atoms with van der Waals surface area (Å²) in [5.74, 6) is 0.772. The molecule has 0 radical (unpaired) electrons. The second-order valence-corrected chi connectivity index (χ2v) is 5.31. The molecule has 0 N–H and O–H groups in total. The summed E-state index contributed by atoms with van der Waals surface area (Å²) in [7, 11) is 0. The number of nitrogens with zero attached hydrogens (tertiary/aromatic N) is 1. The first-order chi connectivity index (χ1) is 9.79. The van der Waals surface area contributed by atoms with Gasteiger partial charge < -0.3 is 4.42 Å². The number of carbonyl (C=O) groups excluding carboxylic acids is 1. The lowest BCUT2D eigenvalue weighted by atomic mass is 10.1. The Kier molecular flexibility index (Phi) is 5.78. The highest BCUT2D eigenvalue weighted by molar-refractivity contribution is 5.81. The average molecular weight is 273 g/mol. The minimum absolute atomic E-state index is 0.229. The van der Waals surface area contributed by atoms with E-state index in [1.54, 1.807) is 0 Å². The Morgan fingerprint density at radius 2 is 1.85 bits per heavy atom. The van der Waals surface area contributed by atoms with Crippen molar-refractivity contribution in [2.75, 3.05) is 0 Å². The average Bonchev–Trinajstić information content (AvgIpc) is 2.84. The van der Waals surface area contributed by atoms with Crippen LogP contribution in [0.15, 0.2) is 28.7 Å². The third-order valence-corrected chi connectivity index (χ3v) is 3.50. The van der Waals surface area contributed by atoms with Crippen molar-refractivity contribution < 1.29 is 9.21 Å². The Morgan fingerprint density at radius 3 is 2.65 bits per heavy atom. The van der Waals surface area contributed by atoms with Crippen LogP contribution in [0.25, 0.3) is 11.1 Å². The zero-order valence-electron chi connectivity index (χ0n) is 12.2. The van der Waals surface area contributed by atoms with Crippen LogP contribution in [0.2, 0.25) is 0 Å². The van der Waals surface area contributed by atoms with Gasteiger partial charge in [0.2, 0.25) is 5.89 Å². The molecule has 1 aromatic carbocycles. The Labute approximate surface area is 120 Å². The molecule has 2 rings (SSSR count). The van der Waals surface area contributed by atoms with Gasteiger partial charge in [0.15, 0.2) is 5.58 Å². The minimum atomic E-state index is 0.229. The number of aromatic nitrogens is 1. The van der Waals surface area contributed by atoms with E-state index >= 15 is 0 Å². The molecular weight excluding hydrogens is 250 g/mol. The first-order valence-corrected chi connectivity index (χ1v) is 7.65. The van der Waals surface area contributed by atoms with Crippen LogP contribution in [0, 0.1) is 0 Å². The second kappa shape index (κ2) is 7.83. The summed E-state index contributed by atoms with van der Waals surface area (Å²) in [5, 5.41) is 0. The number of fused-ring (bicyclic) bond motifs is 1. The van der Waals surface area contributed by atoms with E-state index in [1.165, 1.54) is 25.7 Å². The van der Waals surface area contributed by atoms with Crippen molar-refractivity contribution in [3.8, 4) is 0 Å². The molecule has 0 aliphatic carbocycles. The zero-order chi connectivity index (χ0) is 14.2. The van der Waals surface area contributed by atoms with E-state index in [2.05, 4.69) is 11.9 Å². The van der Waals surface area contributed by atoms with Crippen LogP contribution < -0.4 is 0 Å². The summed E-state index contributed by atoms with van der Waals surface area (Å²) in [6.45, 7) is 2.21. The van der Waals surface area contributed by atoms with Crippen LogP contribution in [0.3, 0.4) is 0 Å². The molecule has 0 bridgehead atoms. The highest BCUT2D eigenvalue weighted by atomic mass is 16.3. The van der Waals surface area contributed by atoms with Crippen molar-refractivity contribution in [1.82, 2.24) is 4.98 Å². The summed E-state index contributed by atoms with van der Waals surface area (Å²) >= 11 is 0. The summed E-state index contributed by atoms with van der Waals surface area (Å²) in [6, 6.07) is 7.62. The summed E-state index contributed by atoms with van der Waals surface area (Å²) in [4.78, 5) is 16.2. The first-order valence-electron chi connectivity index (χ1n) is 7.65. The molecule has 0 fully saturated rings. The van der Waals surface area contributed by atoms with E-state index in [4.69, 9.17) is 4.42 Å². The second-order valence-electron chi connectivity index (χ2n) is 5.31. The smallest absolute Gasteiger partial charge is 0.202 e. The van der Waals surface area contributed by atoms with E-state index < -0.39 is 0 Å². The van der Waals surface area contributed by atoms with Gasteiger partial charge in [-0.15, -0.1) is 0 Å². The van der Waals surface area contributed by atoms with Crippen molar-refractivity contribution in [2.45, 2.75) is 58.3 Å². The third kappa shape index (κ3) is 4.48. The van der Waals surface area contributed by atoms with Crippen molar-refractivity contribution in [3.63, 3.8) is 0 Å². The largest absolute Gasteiger partial charge is 0.440 e. The molecule has 108 valence electrons. The molecule has 3 heteroatoms. The number of para-hydroxylation sites is 2. The van der Waals surface area contributed by atoms with E-state index in [0.717, 1.165) is 23.9 Å². The lowest BCUT2D eigenvalue weighted by Crippen LogP contribution is -2.02. The zero-order valence-corrected chi connectivity index (χ0v) is 12.2. The van der Waals surface area contributed by atoms with Gasteiger partial charge in [-0.05, 0) is 18.6 Å². The molecule has 2 aromatic rings. The van der Waals surface area contributed by atoms with E-state index in [0.29, 0.717) is 18.7 Å². The molecule has 0 saturated heterocycles. The number of unbranched alkanes of at least 4 members (excludes halogenated alkanes) is 5. The van der Waals surface area contributed by atoms with Gasteiger partial charge in [-0.3, -0.25) is 4.79 Å². The molecule has 3 nitrogen and oxygen atoms in total. The number of carbonyl (C=O) groups is 1. The topological polar surface area (TPSA) is 43.1 Å². The van der Waals surface area contributed by atoms with Gasteiger partial charge >= 0.3 is 0 Å². The SMILES string of the molecule is CCCCCCCCC(=O)Cc1nc2ccccc2o1. The fourth-order valence-electron chi connectivity index (χ4n) is 2.36. The number of hydrogen-bond acceptors (Lipinski definition) is 3. The molecule has 0 spiro atoms. The Morgan fingerprint density at radius 1 is 1.10 bits per heavy atom. The maximum atomic E-state index is 11.9. The summed E-state index contributed by atoms with van der Waals surface area (Å²) in [5.41, 5.74) is 1.59. The van der Waals surface area contributed by atoms with Crippen molar-refractivity contribution >= 4 is 16.9 Å². The molecule has 0 unspecified atom stereocenters. The lowest BCUT2D eigenvalue weighted by molar-refractivity contribution is -0.118. The first kappa shape index (κ1) is 14.8. The Hall–Kier alpha value is -1.64. The number of oxazole rings is 1. The number of hydrogen-bond donors (Lipinski definition) is 0. The summed E-state index contributed by atoms with van der Waals surface area (Å²) in [6.07, 6.45) is 8.20. The molecule has 0 amide bonds. The van der Waals surface area contributed by atoms with Crippen LogP contribution >= 0.6 is 0 Å². The molecule has 1 aromatic heterocycles. The van der Waals surface area contributed by atoms with E-state index in [9.17, 15) is 4.79 Å². The van der Waals surface area contributed by atoms with Crippen LogP contribution in [0.5, 0.6) is 0 Å². The van der Waals surface area contributed by atoms with Gasteiger partial charge in [0, 0.05) is 6.42 Å². The lowest BCUT2D eigenvalue weighted by Gasteiger charge is -1.99. The van der Waals surface area contributed by atoms with Crippen molar-refractivity contribution in [2.24, 2.45) is 0 Å². The molecule has 0 saturated carbocycles. The van der Waals surface area contributed by atoms with Gasteiger partial charge in [0.1, 0.15) is 11.3 Å². The quantitative estimate of drug-likeness (QED) is 0.622. The maximum Gasteiger partial charge on any atom is 0.202 e. The number of benzene rings is 1. The summed E-state index contributed by atoms with van der Waals surface area (Å²) < 4.78 is 5.57. The van der Waals surface area contributed by atoms with Crippen LogP contribution in [-0.2, 0) is 11.2 Å². The Balaban J connectivity index is 1.71. The number of rotatable bonds is 9. The van der Waals surface area contributed by atoms with Crippen LogP contribution in [0.4, 0.5) is 0 Å². The normalized spacial score (nSPS) is 11.1. The Bertz CT molecular complexity index is 512. The molecule has 0 atom stereocenters. The minimum Gasteiger partial charge on any atom is -0.440 e.